The number of nitrogens with zero attached hydrogens (tertiary/aromatic N) is 3. The molecule has 1 aliphatic rings. The Kier molecular flexibility index (Phi) is 6.74. The van der Waals surface area contributed by atoms with E-state index < -0.39 is 5.41 Å². The van der Waals surface area contributed by atoms with Crippen LogP contribution in [-0.2, 0) is 5.41 Å². The van der Waals surface area contributed by atoms with E-state index in [1.54, 1.807) is 0 Å². The molecule has 0 unspecified atom stereocenters. The minimum atomic E-state index is -0.633. The van der Waals surface area contributed by atoms with Crippen LogP contribution in [0, 0.1) is 0 Å². The van der Waals surface area contributed by atoms with Crippen LogP contribution in [0.2, 0.25) is 0 Å². The highest BCUT2D eigenvalue weighted by Crippen LogP contribution is 2.47. The smallest absolute Gasteiger partial charge is 0.160 e. The molecule has 1 fully saturated rings. The molecule has 0 atom stereocenters. The minimum Gasteiger partial charge on any atom is -0.455 e. The molecule has 1 aliphatic carbocycles. The number of aromatic nitrogens is 3. The molecule has 0 bridgehead atoms. The number of rotatable bonds is 6. The zero-order valence-electron chi connectivity index (χ0n) is 26.2. The van der Waals surface area contributed by atoms with Crippen molar-refractivity contribution in [2.24, 2.45) is 0 Å². The van der Waals surface area contributed by atoms with E-state index >= 15 is 0 Å². The Bertz CT molecular complexity index is 2290. The molecule has 3 heterocycles. The van der Waals surface area contributed by atoms with Gasteiger partial charge in [0.2, 0.25) is 0 Å². The zero-order chi connectivity index (χ0) is 31.2. The molecule has 0 N–H and O–H groups in total. The lowest BCUT2D eigenvalue weighted by atomic mass is 9.65. The van der Waals surface area contributed by atoms with E-state index in [1.165, 1.54) is 36.0 Å². The summed E-state index contributed by atoms with van der Waals surface area (Å²) in [5.74, 6) is 1.39. The lowest BCUT2D eigenvalue weighted by molar-refractivity contribution is 0.429. The highest BCUT2D eigenvalue weighted by atomic mass is 16.3. The summed E-state index contributed by atoms with van der Waals surface area (Å²) in [4.78, 5) is 5.34. The third-order valence-corrected chi connectivity index (χ3v) is 10.2. The minimum absolute atomic E-state index is 0.416. The molecule has 0 aliphatic heterocycles. The summed E-state index contributed by atoms with van der Waals surface area (Å²) in [6, 6.07) is 49.9. The topological polar surface area (TPSA) is 43.3 Å². The van der Waals surface area contributed by atoms with Gasteiger partial charge in [0.1, 0.15) is 11.2 Å². The first kappa shape index (κ1) is 27.8. The summed E-state index contributed by atoms with van der Waals surface area (Å²) in [5.41, 5.74) is 8.99. The Morgan fingerprint density at radius 2 is 1.26 bits per heavy atom. The molecule has 228 valence electrons. The van der Waals surface area contributed by atoms with E-state index in [0.29, 0.717) is 5.92 Å². The zero-order valence-corrected chi connectivity index (χ0v) is 26.2. The van der Waals surface area contributed by atoms with E-state index in [2.05, 4.69) is 134 Å². The van der Waals surface area contributed by atoms with Crippen molar-refractivity contribution in [1.82, 2.24) is 14.6 Å². The summed E-state index contributed by atoms with van der Waals surface area (Å²) >= 11 is 0. The average molecular weight is 610 g/mol. The maximum Gasteiger partial charge on any atom is 0.160 e. The van der Waals surface area contributed by atoms with Gasteiger partial charge in [-0.25, -0.2) is 9.50 Å². The van der Waals surface area contributed by atoms with Crippen LogP contribution in [0.15, 0.2) is 150 Å². The number of benzene rings is 5. The van der Waals surface area contributed by atoms with Crippen molar-refractivity contribution in [3.05, 3.63) is 174 Å². The van der Waals surface area contributed by atoms with Crippen LogP contribution in [-0.4, -0.2) is 14.6 Å². The Balaban J connectivity index is 1.27. The Morgan fingerprint density at radius 1 is 0.596 bits per heavy atom. The lowest BCUT2D eigenvalue weighted by Gasteiger charge is -2.36. The summed E-state index contributed by atoms with van der Waals surface area (Å²) in [7, 11) is 0. The molecule has 1 saturated carbocycles. The second-order valence-electron chi connectivity index (χ2n) is 12.8. The molecule has 8 aromatic rings. The molecule has 4 heteroatoms. The van der Waals surface area contributed by atoms with E-state index in [1.807, 2.05) is 16.6 Å². The lowest BCUT2D eigenvalue weighted by Crippen LogP contribution is -2.31. The van der Waals surface area contributed by atoms with Crippen LogP contribution < -0.4 is 0 Å². The number of pyridine rings is 1. The van der Waals surface area contributed by atoms with Gasteiger partial charge >= 0.3 is 0 Å². The second kappa shape index (κ2) is 11.4. The van der Waals surface area contributed by atoms with Crippen LogP contribution in [0.5, 0.6) is 0 Å². The van der Waals surface area contributed by atoms with Crippen molar-refractivity contribution in [2.45, 2.75) is 43.4 Å². The summed E-state index contributed by atoms with van der Waals surface area (Å²) < 4.78 is 8.44. The van der Waals surface area contributed by atoms with Crippen molar-refractivity contribution in [2.75, 3.05) is 0 Å². The summed E-state index contributed by atoms with van der Waals surface area (Å²) in [6.45, 7) is 0. The van der Waals surface area contributed by atoms with Crippen LogP contribution in [0.4, 0.5) is 0 Å². The molecule has 47 heavy (non-hydrogen) atoms. The Labute approximate surface area is 274 Å². The van der Waals surface area contributed by atoms with Gasteiger partial charge in [-0.05, 0) is 47.2 Å². The van der Waals surface area contributed by atoms with E-state index in [4.69, 9.17) is 14.5 Å². The molecule has 0 spiro atoms. The van der Waals surface area contributed by atoms with E-state index in [9.17, 15) is 0 Å². The predicted molar refractivity (Wildman–Crippen MR) is 190 cm³/mol. The van der Waals surface area contributed by atoms with Crippen molar-refractivity contribution in [3.8, 4) is 11.1 Å². The maximum absolute atomic E-state index is 6.43. The van der Waals surface area contributed by atoms with Gasteiger partial charge in [0.25, 0.3) is 0 Å². The van der Waals surface area contributed by atoms with Gasteiger partial charge in [0.15, 0.2) is 11.5 Å². The average Bonchev–Trinajstić information content (AvgIpc) is 3.76. The summed E-state index contributed by atoms with van der Waals surface area (Å²) in [5, 5.41) is 7.36. The number of hydrogen-bond acceptors (Lipinski definition) is 3. The van der Waals surface area contributed by atoms with Crippen molar-refractivity contribution < 1.29 is 4.42 Å². The van der Waals surface area contributed by atoms with Crippen molar-refractivity contribution >= 4 is 27.6 Å². The normalized spacial score (nSPS) is 14.3. The Hall–Kier alpha value is -5.48. The first-order chi connectivity index (χ1) is 23.3. The molecule has 0 radical (unpaired) electrons. The first-order valence-corrected chi connectivity index (χ1v) is 16.8. The number of fused-ring (bicyclic) bond motifs is 4. The first-order valence-electron chi connectivity index (χ1n) is 16.8. The second-order valence-corrected chi connectivity index (χ2v) is 12.8. The van der Waals surface area contributed by atoms with Gasteiger partial charge in [0.05, 0.1) is 5.41 Å². The quantitative estimate of drug-likeness (QED) is 0.176. The van der Waals surface area contributed by atoms with Crippen LogP contribution in [0.3, 0.4) is 0 Å². The van der Waals surface area contributed by atoms with E-state index in [-0.39, 0.29) is 0 Å². The highest BCUT2D eigenvalue weighted by molar-refractivity contribution is 6.09. The van der Waals surface area contributed by atoms with E-state index in [0.717, 1.165) is 62.9 Å². The number of furan rings is 1. The largest absolute Gasteiger partial charge is 0.455 e. The molecule has 4 nitrogen and oxygen atoms in total. The third kappa shape index (κ3) is 4.51. The predicted octanol–water partition coefficient (Wildman–Crippen LogP) is 10.7. The van der Waals surface area contributed by atoms with Gasteiger partial charge in [-0.3, -0.25) is 0 Å². The van der Waals surface area contributed by atoms with Crippen molar-refractivity contribution in [1.29, 1.82) is 0 Å². The van der Waals surface area contributed by atoms with Crippen LogP contribution in [0.25, 0.3) is 38.7 Å². The molecule has 0 amide bonds. The molecule has 5 aromatic carbocycles. The Morgan fingerprint density at radius 3 is 2.00 bits per heavy atom. The maximum atomic E-state index is 6.43. The summed E-state index contributed by atoms with van der Waals surface area (Å²) in [6.07, 6.45) is 8.18. The van der Waals surface area contributed by atoms with Gasteiger partial charge in [-0.15, -0.1) is 0 Å². The fourth-order valence-electron chi connectivity index (χ4n) is 7.97. The molecular weight excluding hydrogens is 574 g/mol. The number of hydrogen-bond donors (Lipinski definition) is 0. The molecule has 0 saturated heterocycles. The monoisotopic (exact) mass is 609 g/mol. The molecule has 9 rings (SSSR count). The van der Waals surface area contributed by atoms with Gasteiger partial charge in [-0.2, -0.15) is 5.10 Å². The van der Waals surface area contributed by atoms with Gasteiger partial charge in [0, 0.05) is 34.0 Å². The number of para-hydroxylation sites is 2. The van der Waals surface area contributed by atoms with Gasteiger partial charge < -0.3 is 4.42 Å². The van der Waals surface area contributed by atoms with Crippen LogP contribution in [0.1, 0.15) is 66.1 Å². The SMILES string of the molecule is c1ccc(C(c2ccccc2)(c2ccc(-c3cccc4c3oc3ccccc34)cc2)c2cccn3nc(C4CCCCC4)nc23)cc1. The fourth-order valence-corrected chi connectivity index (χ4v) is 7.97. The van der Waals surface area contributed by atoms with Gasteiger partial charge in [-0.1, -0.05) is 147 Å². The molecule has 3 aromatic heterocycles. The third-order valence-electron chi connectivity index (χ3n) is 10.2. The standard InChI is InChI=1S/C43H35N3O/c1-4-14-31(15-5-1)41-44-42-38(23-13-29-46(42)45-41)43(32-16-6-2-7-17-32,33-18-8-3-9-19-33)34-27-25-30(26-28-34)35-21-12-22-37-36-20-10-11-24-39(36)47-40(35)37/h2-3,6-13,16-29,31H,1,4-5,14-15H2. The van der Waals surface area contributed by atoms with Crippen molar-refractivity contribution in [3.63, 3.8) is 0 Å². The molecular formula is C43H35N3O. The highest BCUT2D eigenvalue weighted by Gasteiger charge is 2.41. The van der Waals surface area contributed by atoms with Crippen LogP contribution >= 0.6 is 0 Å². The fraction of sp³-hybridized carbons (Fsp3) is 0.163.